The van der Waals surface area contributed by atoms with E-state index in [1.807, 2.05) is 52.0 Å². The smallest absolute Gasteiger partial charge is 0.415 e. The van der Waals surface area contributed by atoms with Gasteiger partial charge in [-0.3, -0.25) is 14.7 Å². The van der Waals surface area contributed by atoms with E-state index in [1.165, 1.54) is 4.90 Å². The first-order valence-electron chi connectivity index (χ1n) is 8.97. The summed E-state index contributed by atoms with van der Waals surface area (Å²) < 4.78 is 5.56. The van der Waals surface area contributed by atoms with Crippen LogP contribution in [-0.4, -0.2) is 35.7 Å². The Morgan fingerprint density at radius 1 is 1.26 bits per heavy atom. The van der Waals surface area contributed by atoms with Gasteiger partial charge in [-0.15, -0.1) is 0 Å². The standard InChI is InChI=1S/C21H25N3O3/c1-14-7-6-8-16(11-14)23(5)19(25)18-12-15-13-22-10-9-17(15)24(18)20(26)27-21(2,3)4/h6-11,13,18H,12H2,1-5H3. The van der Waals surface area contributed by atoms with Gasteiger partial charge in [0, 0.05) is 31.5 Å². The van der Waals surface area contributed by atoms with Crippen molar-refractivity contribution in [2.45, 2.75) is 45.8 Å². The highest BCUT2D eigenvalue weighted by Gasteiger charge is 2.42. The molecule has 0 fully saturated rings. The molecule has 1 aliphatic rings. The molecule has 2 aromatic rings. The Hall–Kier alpha value is -2.89. The number of aryl methyl sites for hydroxylation is 1. The number of aromatic nitrogens is 1. The number of amides is 2. The van der Waals surface area contributed by atoms with Crippen LogP contribution in [0.15, 0.2) is 42.7 Å². The van der Waals surface area contributed by atoms with E-state index in [4.69, 9.17) is 4.74 Å². The predicted molar refractivity (Wildman–Crippen MR) is 105 cm³/mol. The summed E-state index contributed by atoms with van der Waals surface area (Å²) in [5.41, 5.74) is 2.74. The fourth-order valence-corrected chi connectivity index (χ4v) is 3.20. The Bertz CT molecular complexity index is 873. The van der Waals surface area contributed by atoms with Gasteiger partial charge in [-0.1, -0.05) is 12.1 Å². The van der Waals surface area contributed by atoms with Gasteiger partial charge in [-0.25, -0.2) is 4.79 Å². The lowest BCUT2D eigenvalue weighted by Gasteiger charge is -2.30. The minimum Gasteiger partial charge on any atom is -0.443 e. The van der Waals surface area contributed by atoms with Gasteiger partial charge in [-0.2, -0.15) is 0 Å². The van der Waals surface area contributed by atoms with E-state index in [-0.39, 0.29) is 5.91 Å². The number of anilines is 2. The van der Waals surface area contributed by atoms with E-state index in [9.17, 15) is 9.59 Å². The molecule has 1 aliphatic heterocycles. The number of fused-ring (bicyclic) bond motifs is 1. The molecule has 1 unspecified atom stereocenters. The predicted octanol–water partition coefficient (Wildman–Crippen LogP) is 3.72. The third kappa shape index (κ3) is 3.94. The monoisotopic (exact) mass is 367 g/mol. The number of pyridine rings is 1. The Balaban J connectivity index is 1.93. The van der Waals surface area contributed by atoms with Crippen molar-refractivity contribution >= 4 is 23.4 Å². The van der Waals surface area contributed by atoms with E-state index in [0.29, 0.717) is 12.1 Å². The second-order valence-electron chi connectivity index (χ2n) is 7.81. The van der Waals surface area contributed by atoms with Crippen molar-refractivity contribution in [2.24, 2.45) is 0 Å². The van der Waals surface area contributed by atoms with Gasteiger partial charge in [0.25, 0.3) is 0 Å². The summed E-state index contributed by atoms with van der Waals surface area (Å²) in [5, 5.41) is 0. The molecule has 0 saturated heterocycles. The normalized spacial score (nSPS) is 16.0. The van der Waals surface area contributed by atoms with Gasteiger partial charge in [0.1, 0.15) is 11.6 Å². The highest BCUT2D eigenvalue weighted by Crippen LogP contribution is 2.34. The minimum absolute atomic E-state index is 0.164. The largest absolute Gasteiger partial charge is 0.443 e. The molecule has 142 valence electrons. The van der Waals surface area contributed by atoms with Crippen LogP contribution in [0, 0.1) is 6.92 Å². The summed E-state index contributed by atoms with van der Waals surface area (Å²) >= 11 is 0. The van der Waals surface area contributed by atoms with E-state index < -0.39 is 17.7 Å². The van der Waals surface area contributed by atoms with Crippen molar-refractivity contribution in [1.82, 2.24) is 4.98 Å². The Kier molecular flexibility index (Phi) is 4.91. The zero-order chi connectivity index (χ0) is 19.8. The van der Waals surface area contributed by atoms with Gasteiger partial charge in [0.2, 0.25) is 5.91 Å². The molecular formula is C21H25N3O3. The molecular weight excluding hydrogens is 342 g/mol. The SMILES string of the molecule is Cc1cccc(N(C)C(=O)C2Cc3cnccc3N2C(=O)OC(C)(C)C)c1. The Morgan fingerprint density at radius 3 is 2.67 bits per heavy atom. The zero-order valence-electron chi connectivity index (χ0n) is 16.4. The molecule has 1 aromatic carbocycles. The van der Waals surface area contributed by atoms with Crippen LogP contribution < -0.4 is 9.80 Å². The van der Waals surface area contributed by atoms with Gasteiger partial charge < -0.3 is 9.64 Å². The zero-order valence-corrected chi connectivity index (χ0v) is 16.4. The fraction of sp³-hybridized carbons (Fsp3) is 0.381. The fourth-order valence-electron chi connectivity index (χ4n) is 3.20. The number of ether oxygens (including phenoxy) is 1. The first-order valence-corrected chi connectivity index (χ1v) is 8.97. The molecule has 1 aromatic heterocycles. The molecule has 1 atom stereocenters. The van der Waals surface area contributed by atoms with Crippen molar-refractivity contribution < 1.29 is 14.3 Å². The minimum atomic E-state index is -0.662. The van der Waals surface area contributed by atoms with Crippen LogP contribution in [-0.2, 0) is 16.0 Å². The number of likely N-dealkylation sites (N-methyl/N-ethyl adjacent to an activating group) is 1. The Morgan fingerprint density at radius 2 is 2.00 bits per heavy atom. The van der Waals surface area contributed by atoms with Gasteiger partial charge >= 0.3 is 6.09 Å². The van der Waals surface area contributed by atoms with Crippen molar-refractivity contribution in [3.05, 3.63) is 53.9 Å². The van der Waals surface area contributed by atoms with Crippen LogP contribution >= 0.6 is 0 Å². The summed E-state index contributed by atoms with van der Waals surface area (Å²) in [6, 6.07) is 8.80. The molecule has 6 nitrogen and oxygen atoms in total. The number of benzene rings is 1. The number of carbonyl (C=O) groups is 2. The number of rotatable bonds is 2. The number of nitrogens with zero attached hydrogens (tertiary/aromatic N) is 3. The summed E-state index contributed by atoms with van der Waals surface area (Å²) in [6.45, 7) is 7.41. The molecule has 0 N–H and O–H groups in total. The molecule has 2 heterocycles. The van der Waals surface area contributed by atoms with E-state index in [2.05, 4.69) is 4.98 Å². The second kappa shape index (κ2) is 7.02. The topological polar surface area (TPSA) is 62.7 Å². The summed E-state index contributed by atoms with van der Waals surface area (Å²) in [4.78, 5) is 33.3. The highest BCUT2D eigenvalue weighted by molar-refractivity contribution is 6.06. The lowest BCUT2D eigenvalue weighted by molar-refractivity contribution is -0.119. The van der Waals surface area contributed by atoms with Crippen molar-refractivity contribution in [2.75, 3.05) is 16.8 Å². The molecule has 2 amide bonds. The van der Waals surface area contributed by atoms with Crippen molar-refractivity contribution in [1.29, 1.82) is 0 Å². The lowest BCUT2D eigenvalue weighted by Crippen LogP contribution is -2.50. The van der Waals surface area contributed by atoms with Crippen LogP contribution in [0.4, 0.5) is 16.2 Å². The molecule has 0 radical (unpaired) electrons. The molecule has 0 bridgehead atoms. The van der Waals surface area contributed by atoms with Crippen LogP contribution in [0.5, 0.6) is 0 Å². The van der Waals surface area contributed by atoms with Crippen LogP contribution in [0.2, 0.25) is 0 Å². The van der Waals surface area contributed by atoms with Gasteiger partial charge in [-0.05, 0) is 57.0 Å². The maximum Gasteiger partial charge on any atom is 0.415 e. The summed E-state index contributed by atoms with van der Waals surface area (Å²) in [6.07, 6.45) is 3.21. The summed E-state index contributed by atoms with van der Waals surface area (Å²) in [5.74, 6) is -0.164. The van der Waals surface area contributed by atoms with Gasteiger partial charge in [0.15, 0.2) is 0 Å². The quantitative estimate of drug-likeness (QED) is 0.812. The first-order chi connectivity index (χ1) is 12.7. The third-order valence-electron chi connectivity index (χ3n) is 4.46. The van der Waals surface area contributed by atoms with E-state index in [1.54, 1.807) is 30.4 Å². The molecule has 0 spiro atoms. The van der Waals surface area contributed by atoms with Crippen LogP contribution in [0.1, 0.15) is 31.9 Å². The molecule has 3 rings (SSSR count). The molecule has 6 heteroatoms. The van der Waals surface area contributed by atoms with E-state index in [0.717, 1.165) is 16.8 Å². The second-order valence-corrected chi connectivity index (χ2v) is 7.81. The van der Waals surface area contributed by atoms with Crippen LogP contribution in [0.25, 0.3) is 0 Å². The van der Waals surface area contributed by atoms with Crippen molar-refractivity contribution in [3.8, 4) is 0 Å². The maximum atomic E-state index is 13.3. The number of carbonyl (C=O) groups excluding carboxylic acids is 2. The number of hydrogen-bond acceptors (Lipinski definition) is 4. The first kappa shape index (κ1) is 18.9. The van der Waals surface area contributed by atoms with Gasteiger partial charge in [0.05, 0.1) is 5.69 Å². The maximum absolute atomic E-state index is 13.3. The molecule has 0 aliphatic carbocycles. The highest BCUT2D eigenvalue weighted by atomic mass is 16.6. The molecule has 0 saturated carbocycles. The third-order valence-corrected chi connectivity index (χ3v) is 4.46. The van der Waals surface area contributed by atoms with E-state index >= 15 is 0 Å². The average Bonchev–Trinajstić information content (AvgIpc) is 2.98. The molecule has 27 heavy (non-hydrogen) atoms. The lowest BCUT2D eigenvalue weighted by atomic mass is 10.1. The van der Waals surface area contributed by atoms with Crippen LogP contribution in [0.3, 0.4) is 0 Å². The van der Waals surface area contributed by atoms with Crippen molar-refractivity contribution in [3.63, 3.8) is 0 Å². The average molecular weight is 367 g/mol. The Labute approximate surface area is 159 Å². The number of hydrogen-bond donors (Lipinski definition) is 0. The summed E-state index contributed by atoms with van der Waals surface area (Å²) in [7, 11) is 1.73.